The van der Waals surface area contributed by atoms with Crippen LogP contribution in [0.25, 0.3) is 11.3 Å². The minimum Gasteiger partial charge on any atom is -0.507 e. The van der Waals surface area contributed by atoms with E-state index >= 15 is 0 Å². The van der Waals surface area contributed by atoms with Gasteiger partial charge in [0.05, 0.1) is 12.1 Å². The second-order valence-corrected chi connectivity index (χ2v) is 7.89. The number of aryl methyl sites for hydroxylation is 2. The van der Waals surface area contributed by atoms with Gasteiger partial charge >= 0.3 is 5.97 Å². The number of phenols is 1. The van der Waals surface area contributed by atoms with E-state index in [0.717, 1.165) is 43.5 Å². The van der Waals surface area contributed by atoms with E-state index in [4.69, 9.17) is 5.11 Å². The first kappa shape index (κ1) is 21.0. The van der Waals surface area contributed by atoms with Crippen LogP contribution in [0.15, 0.2) is 24.3 Å². The third-order valence-electron chi connectivity index (χ3n) is 5.61. The Kier molecular flexibility index (Phi) is 6.69. The summed E-state index contributed by atoms with van der Waals surface area (Å²) in [5, 5.41) is 31.5. The number of nitrogens with zero attached hydrogens (tertiary/aromatic N) is 3. The predicted octanol–water partition coefficient (Wildman–Crippen LogP) is 3.46. The molecule has 7 heteroatoms. The first-order chi connectivity index (χ1) is 13.9. The first-order valence-electron chi connectivity index (χ1n) is 10.3. The summed E-state index contributed by atoms with van der Waals surface area (Å²) in [5.41, 5.74) is 3.38. The highest BCUT2D eigenvalue weighted by molar-refractivity contribution is 5.70. The summed E-state index contributed by atoms with van der Waals surface area (Å²) in [6, 6.07) is 7.84. The van der Waals surface area contributed by atoms with E-state index in [-0.39, 0.29) is 24.3 Å². The summed E-state index contributed by atoms with van der Waals surface area (Å²) < 4.78 is 0. The topological polar surface area (TPSA) is 98.6 Å². The number of carboxylic acids is 1. The molecule has 2 heterocycles. The van der Waals surface area contributed by atoms with Crippen molar-refractivity contribution in [3.63, 3.8) is 0 Å². The van der Waals surface area contributed by atoms with Crippen molar-refractivity contribution in [2.24, 2.45) is 0 Å². The van der Waals surface area contributed by atoms with E-state index in [1.54, 1.807) is 6.07 Å². The predicted molar refractivity (Wildman–Crippen MR) is 113 cm³/mol. The summed E-state index contributed by atoms with van der Waals surface area (Å²) in [6.45, 7) is 7.68. The quantitative estimate of drug-likeness (QED) is 0.657. The van der Waals surface area contributed by atoms with Crippen LogP contribution in [-0.2, 0) is 11.2 Å². The molecular formula is C22H30N4O3. The number of piperidine rings is 1. The first-order valence-corrected chi connectivity index (χ1v) is 10.3. The zero-order chi connectivity index (χ0) is 21.0. The van der Waals surface area contributed by atoms with Crippen molar-refractivity contribution < 1.29 is 15.0 Å². The molecule has 1 aromatic carbocycles. The van der Waals surface area contributed by atoms with Gasteiger partial charge in [0, 0.05) is 24.2 Å². The Hall–Kier alpha value is -2.67. The largest absolute Gasteiger partial charge is 0.507 e. The van der Waals surface area contributed by atoms with Crippen LogP contribution in [0.3, 0.4) is 0 Å². The van der Waals surface area contributed by atoms with Crippen LogP contribution >= 0.6 is 0 Å². The number of nitrogens with one attached hydrogen (secondary N) is 1. The Morgan fingerprint density at radius 3 is 2.79 bits per heavy atom. The third kappa shape index (κ3) is 5.23. The fourth-order valence-electron chi connectivity index (χ4n) is 3.93. The molecule has 29 heavy (non-hydrogen) atoms. The molecule has 0 radical (unpaired) electrons. The molecule has 3 N–H and O–H groups in total. The fourth-order valence-corrected chi connectivity index (χ4v) is 3.93. The van der Waals surface area contributed by atoms with Gasteiger partial charge in [-0.05, 0) is 69.0 Å². The van der Waals surface area contributed by atoms with E-state index in [1.165, 1.54) is 0 Å². The molecule has 1 aliphatic heterocycles. The smallest absolute Gasteiger partial charge is 0.304 e. The van der Waals surface area contributed by atoms with Gasteiger partial charge in [-0.1, -0.05) is 13.0 Å². The van der Waals surface area contributed by atoms with Gasteiger partial charge in [0.1, 0.15) is 11.6 Å². The molecule has 1 aliphatic rings. The van der Waals surface area contributed by atoms with E-state index in [0.29, 0.717) is 17.1 Å². The minimum absolute atomic E-state index is 0.0152. The molecule has 1 aromatic heterocycles. The number of carbonyl (C=O) groups is 1. The van der Waals surface area contributed by atoms with E-state index in [9.17, 15) is 9.90 Å². The molecular weight excluding hydrogens is 368 g/mol. The molecule has 0 saturated carbocycles. The second kappa shape index (κ2) is 9.22. The van der Waals surface area contributed by atoms with Gasteiger partial charge in [-0.2, -0.15) is 0 Å². The third-order valence-corrected chi connectivity index (χ3v) is 5.61. The van der Waals surface area contributed by atoms with Crippen molar-refractivity contribution in [3.05, 3.63) is 35.4 Å². The van der Waals surface area contributed by atoms with Gasteiger partial charge in [0.15, 0.2) is 0 Å². The molecule has 0 bridgehead atoms. The summed E-state index contributed by atoms with van der Waals surface area (Å²) in [6.07, 6.45) is 3.05. The van der Waals surface area contributed by atoms with Crippen LogP contribution < -0.4 is 5.32 Å². The number of carboxylic acid groups (broad SMARTS) is 1. The van der Waals surface area contributed by atoms with Crippen LogP contribution in [-0.4, -0.2) is 56.5 Å². The molecule has 2 aromatic rings. The normalized spacial score (nSPS) is 18.4. The molecule has 1 saturated heterocycles. The molecule has 2 atom stereocenters. The maximum absolute atomic E-state index is 11.0. The number of rotatable bonds is 7. The van der Waals surface area contributed by atoms with Crippen LogP contribution in [0.2, 0.25) is 0 Å². The standard InChI is InChI=1S/C22H30N4O3/c1-4-16-7-8-18(19(27)12-16)22-14(2)10-20(24-25-22)23-17-6-5-9-26(13-17)15(3)11-21(28)29/h7-8,10,12,15,17,27H,4-6,9,11,13H2,1-3H3,(H,23,24)(H,28,29)/t15?,17-/m1/s1. The van der Waals surface area contributed by atoms with Crippen LogP contribution in [0, 0.1) is 6.92 Å². The van der Waals surface area contributed by atoms with Gasteiger partial charge in [-0.3, -0.25) is 9.69 Å². The van der Waals surface area contributed by atoms with Gasteiger partial charge in [-0.25, -0.2) is 0 Å². The van der Waals surface area contributed by atoms with Gasteiger partial charge in [0.2, 0.25) is 0 Å². The summed E-state index contributed by atoms with van der Waals surface area (Å²) in [4.78, 5) is 13.2. The highest BCUT2D eigenvalue weighted by atomic mass is 16.4. The molecule has 0 spiro atoms. The number of anilines is 1. The van der Waals surface area contributed by atoms with Crippen molar-refractivity contribution in [2.75, 3.05) is 18.4 Å². The lowest BCUT2D eigenvalue weighted by atomic mass is 10.0. The Labute approximate surface area is 171 Å². The van der Waals surface area contributed by atoms with E-state index in [2.05, 4.69) is 27.3 Å². The Morgan fingerprint density at radius 1 is 1.34 bits per heavy atom. The Balaban J connectivity index is 1.70. The summed E-state index contributed by atoms with van der Waals surface area (Å²) in [7, 11) is 0. The number of hydrogen-bond acceptors (Lipinski definition) is 6. The van der Waals surface area contributed by atoms with Gasteiger partial charge < -0.3 is 15.5 Å². The lowest BCUT2D eigenvalue weighted by Gasteiger charge is -2.36. The van der Waals surface area contributed by atoms with Crippen molar-refractivity contribution in [2.45, 2.75) is 58.5 Å². The zero-order valence-electron chi connectivity index (χ0n) is 17.4. The van der Waals surface area contributed by atoms with Crippen molar-refractivity contribution in [1.82, 2.24) is 15.1 Å². The van der Waals surface area contributed by atoms with Gasteiger partial charge in [0.25, 0.3) is 0 Å². The number of aromatic hydroxyl groups is 1. The van der Waals surface area contributed by atoms with Gasteiger partial charge in [-0.15, -0.1) is 10.2 Å². The van der Waals surface area contributed by atoms with Crippen LogP contribution in [0.5, 0.6) is 5.75 Å². The average molecular weight is 399 g/mol. The molecule has 1 fully saturated rings. The van der Waals surface area contributed by atoms with E-state index < -0.39 is 5.97 Å². The van der Waals surface area contributed by atoms with Crippen LogP contribution in [0.1, 0.15) is 44.2 Å². The number of aromatic nitrogens is 2. The second-order valence-electron chi connectivity index (χ2n) is 7.89. The fraction of sp³-hybridized carbons (Fsp3) is 0.500. The highest BCUT2D eigenvalue weighted by Gasteiger charge is 2.25. The maximum Gasteiger partial charge on any atom is 0.304 e. The average Bonchev–Trinajstić information content (AvgIpc) is 2.68. The van der Waals surface area contributed by atoms with E-state index in [1.807, 2.05) is 32.0 Å². The molecule has 3 rings (SSSR count). The number of likely N-dealkylation sites (tertiary alicyclic amines) is 1. The van der Waals surface area contributed by atoms with Crippen molar-refractivity contribution >= 4 is 11.8 Å². The maximum atomic E-state index is 11.0. The lowest BCUT2D eigenvalue weighted by molar-refractivity contribution is -0.138. The Morgan fingerprint density at radius 2 is 2.14 bits per heavy atom. The molecule has 1 unspecified atom stereocenters. The molecule has 7 nitrogen and oxygen atoms in total. The van der Waals surface area contributed by atoms with Crippen LogP contribution in [0.4, 0.5) is 5.82 Å². The zero-order valence-corrected chi connectivity index (χ0v) is 17.4. The molecule has 156 valence electrons. The number of hydrogen-bond donors (Lipinski definition) is 3. The monoisotopic (exact) mass is 398 g/mol. The lowest BCUT2D eigenvalue weighted by Crippen LogP contribution is -2.46. The summed E-state index contributed by atoms with van der Waals surface area (Å²) in [5.74, 6) is 0.159. The number of benzene rings is 1. The number of aliphatic carboxylic acids is 1. The molecule has 0 aliphatic carbocycles. The van der Waals surface area contributed by atoms with Crippen molar-refractivity contribution in [3.8, 4) is 17.0 Å². The van der Waals surface area contributed by atoms with Crippen molar-refractivity contribution in [1.29, 1.82) is 0 Å². The summed E-state index contributed by atoms with van der Waals surface area (Å²) >= 11 is 0. The SMILES string of the molecule is CCc1ccc(-c2nnc(N[C@@H]3CCCN(C(C)CC(=O)O)C3)cc2C)c(O)c1. The Bertz CT molecular complexity index is 871. The number of phenolic OH excluding ortho intramolecular Hbond substituents is 1. The minimum atomic E-state index is -0.764. The molecule has 0 amide bonds. The highest BCUT2D eigenvalue weighted by Crippen LogP contribution is 2.31.